The quantitative estimate of drug-likeness (QED) is 0.822. The van der Waals surface area contributed by atoms with E-state index >= 15 is 0 Å². The van der Waals surface area contributed by atoms with Crippen molar-refractivity contribution in [3.05, 3.63) is 41.4 Å². The third kappa shape index (κ3) is 4.22. The van der Waals surface area contributed by atoms with Crippen molar-refractivity contribution < 1.29 is 9.13 Å². The number of anilines is 1. The zero-order valence-corrected chi connectivity index (χ0v) is 14.6. The Bertz CT molecular complexity index is 723. The van der Waals surface area contributed by atoms with Crippen molar-refractivity contribution in [3.63, 3.8) is 0 Å². The van der Waals surface area contributed by atoms with Crippen molar-refractivity contribution in [2.75, 3.05) is 18.5 Å². The van der Waals surface area contributed by atoms with Crippen LogP contribution in [0.3, 0.4) is 0 Å². The van der Waals surface area contributed by atoms with Crippen LogP contribution in [-0.2, 0) is 4.74 Å². The lowest BCUT2D eigenvalue weighted by Gasteiger charge is -2.35. The van der Waals surface area contributed by atoms with Gasteiger partial charge < -0.3 is 10.1 Å². The molecule has 24 heavy (non-hydrogen) atoms. The average Bonchev–Trinajstić information content (AvgIpc) is 2.55. The molecule has 1 fully saturated rings. The lowest BCUT2D eigenvalue weighted by molar-refractivity contribution is -0.0699. The zero-order valence-electron chi connectivity index (χ0n) is 13.9. The van der Waals surface area contributed by atoms with Gasteiger partial charge in [-0.3, -0.25) is 0 Å². The Morgan fingerprint density at radius 1 is 1.42 bits per heavy atom. The molecule has 1 aliphatic heterocycles. The summed E-state index contributed by atoms with van der Waals surface area (Å²) in [6.45, 7) is 5.87. The van der Waals surface area contributed by atoms with Gasteiger partial charge in [0.05, 0.1) is 16.3 Å². The maximum atomic E-state index is 13.4. The molecule has 3 rings (SSSR count). The fourth-order valence-corrected chi connectivity index (χ4v) is 3.27. The minimum atomic E-state index is -0.570. The molecule has 1 unspecified atom stereocenters. The summed E-state index contributed by atoms with van der Waals surface area (Å²) in [5, 5.41) is 3.76. The highest BCUT2D eigenvalue weighted by Gasteiger charge is 2.28. The molecule has 2 aromatic heterocycles. The first-order valence-corrected chi connectivity index (χ1v) is 8.47. The van der Waals surface area contributed by atoms with Crippen molar-refractivity contribution in [3.8, 4) is 11.3 Å². The summed E-state index contributed by atoms with van der Waals surface area (Å²) in [4.78, 5) is 8.09. The van der Waals surface area contributed by atoms with E-state index < -0.39 is 5.95 Å². The molecule has 0 amide bonds. The van der Waals surface area contributed by atoms with Crippen molar-refractivity contribution >= 4 is 17.4 Å². The van der Waals surface area contributed by atoms with Gasteiger partial charge in [-0.05, 0) is 44.7 Å². The molecule has 0 saturated carbocycles. The maximum Gasteiger partial charge on any atom is 0.213 e. The summed E-state index contributed by atoms with van der Waals surface area (Å²) < 4.78 is 19.1. The van der Waals surface area contributed by atoms with Crippen LogP contribution >= 0.6 is 11.6 Å². The van der Waals surface area contributed by atoms with Gasteiger partial charge in [0.25, 0.3) is 0 Å². The van der Waals surface area contributed by atoms with Crippen molar-refractivity contribution in [2.45, 2.75) is 32.3 Å². The zero-order chi connectivity index (χ0) is 17.2. The van der Waals surface area contributed by atoms with Gasteiger partial charge in [0, 0.05) is 31.0 Å². The van der Waals surface area contributed by atoms with Crippen molar-refractivity contribution in [1.29, 1.82) is 0 Å². The van der Waals surface area contributed by atoms with E-state index in [4.69, 9.17) is 16.3 Å². The van der Waals surface area contributed by atoms with Gasteiger partial charge in [-0.15, -0.1) is 0 Å². The van der Waals surface area contributed by atoms with Crippen LogP contribution in [-0.4, -0.2) is 28.7 Å². The van der Waals surface area contributed by atoms with Gasteiger partial charge >= 0.3 is 0 Å². The summed E-state index contributed by atoms with van der Waals surface area (Å²) in [5.74, 6) is 0.727. The van der Waals surface area contributed by atoms with E-state index in [-0.39, 0.29) is 5.60 Å². The van der Waals surface area contributed by atoms with E-state index in [0.29, 0.717) is 22.2 Å². The first-order chi connectivity index (χ1) is 11.4. The van der Waals surface area contributed by atoms with E-state index in [1.807, 2.05) is 18.2 Å². The van der Waals surface area contributed by atoms with E-state index in [1.165, 1.54) is 12.3 Å². The normalized spacial score (nSPS) is 19.9. The largest absolute Gasteiger partial charge is 0.376 e. The van der Waals surface area contributed by atoms with Crippen LogP contribution in [0.15, 0.2) is 30.5 Å². The van der Waals surface area contributed by atoms with Gasteiger partial charge in [-0.1, -0.05) is 17.7 Å². The fourth-order valence-electron chi connectivity index (χ4n) is 3.07. The number of aromatic nitrogens is 2. The Kier molecular flexibility index (Phi) is 5.01. The number of ether oxygens (including phenoxy) is 1. The van der Waals surface area contributed by atoms with Crippen LogP contribution in [0.1, 0.15) is 26.7 Å². The van der Waals surface area contributed by atoms with Gasteiger partial charge in [0.1, 0.15) is 5.82 Å². The first-order valence-electron chi connectivity index (χ1n) is 8.09. The Morgan fingerprint density at radius 2 is 2.25 bits per heavy atom. The fraction of sp³-hybridized carbons (Fsp3) is 0.444. The number of nitrogens with one attached hydrogen (secondary N) is 1. The molecule has 0 aliphatic carbocycles. The van der Waals surface area contributed by atoms with Crippen LogP contribution in [0.2, 0.25) is 5.02 Å². The van der Waals surface area contributed by atoms with Crippen LogP contribution in [0.4, 0.5) is 10.2 Å². The van der Waals surface area contributed by atoms with E-state index in [0.717, 1.165) is 31.8 Å². The summed E-state index contributed by atoms with van der Waals surface area (Å²) in [6.07, 6.45) is 3.36. The molecule has 1 aliphatic rings. The monoisotopic (exact) mass is 349 g/mol. The van der Waals surface area contributed by atoms with Crippen LogP contribution in [0, 0.1) is 11.9 Å². The number of hydrogen-bond acceptors (Lipinski definition) is 4. The second kappa shape index (κ2) is 7.03. The third-order valence-corrected chi connectivity index (χ3v) is 4.52. The molecule has 6 heteroatoms. The highest BCUT2D eigenvalue weighted by molar-refractivity contribution is 6.33. The molecule has 1 saturated heterocycles. The minimum Gasteiger partial charge on any atom is -0.376 e. The highest BCUT2D eigenvalue weighted by Crippen LogP contribution is 2.29. The molecule has 0 spiro atoms. The number of halogens is 2. The summed E-state index contributed by atoms with van der Waals surface area (Å²) in [5.41, 5.74) is 1.10. The molecule has 1 atom stereocenters. The Hall–Kier alpha value is -1.72. The molecule has 4 nitrogen and oxygen atoms in total. The Labute approximate surface area is 146 Å². The van der Waals surface area contributed by atoms with Gasteiger partial charge in [0.15, 0.2) is 0 Å². The topological polar surface area (TPSA) is 47.0 Å². The van der Waals surface area contributed by atoms with Gasteiger partial charge in [-0.25, -0.2) is 9.97 Å². The Morgan fingerprint density at radius 3 is 3.04 bits per heavy atom. The summed E-state index contributed by atoms with van der Waals surface area (Å²) in [7, 11) is 0. The van der Waals surface area contributed by atoms with Crippen LogP contribution in [0.25, 0.3) is 11.3 Å². The predicted octanol–water partition coefficient (Wildman–Crippen LogP) is 4.55. The van der Waals surface area contributed by atoms with Crippen molar-refractivity contribution in [2.24, 2.45) is 5.92 Å². The standard InChI is InChI=1S/C18H21ClFN3O/c1-18(2)9-12(6-7-24-18)10-22-17-5-3-4-15(23-17)13-8-16(20)21-11-14(13)19/h3-5,8,11-12H,6-7,9-10H2,1-2H3,(H,22,23). The third-order valence-electron chi connectivity index (χ3n) is 4.22. The van der Waals surface area contributed by atoms with E-state index in [2.05, 4.69) is 29.1 Å². The lowest BCUT2D eigenvalue weighted by atomic mass is 9.88. The van der Waals surface area contributed by atoms with Crippen LogP contribution < -0.4 is 5.32 Å². The lowest BCUT2D eigenvalue weighted by Crippen LogP contribution is -2.36. The highest BCUT2D eigenvalue weighted by atomic mass is 35.5. The molecule has 0 aromatic carbocycles. The minimum absolute atomic E-state index is 0.0675. The molecule has 0 bridgehead atoms. The first kappa shape index (κ1) is 17.1. The number of rotatable bonds is 4. The molecule has 1 N–H and O–H groups in total. The van der Waals surface area contributed by atoms with E-state index in [1.54, 1.807) is 0 Å². The van der Waals surface area contributed by atoms with Gasteiger partial charge in [0.2, 0.25) is 5.95 Å². The summed E-state index contributed by atoms with van der Waals surface area (Å²) >= 11 is 6.11. The molecule has 2 aromatic rings. The smallest absolute Gasteiger partial charge is 0.213 e. The van der Waals surface area contributed by atoms with Crippen molar-refractivity contribution in [1.82, 2.24) is 9.97 Å². The summed E-state index contributed by atoms with van der Waals surface area (Å²) in [6, 6.07) is 6.89. The van der Waals surface area contributed by atoms with Gasteiger partial charge in [-0.2, -0.15) is 4.39 Å². The molecule has 128 valence electrons. The number of hydrogen-bond donors (Lipinski definition) is 1. The molecule has 0 radical (unpaired) electrons. The second-order valence-corrected chi connectivity index (χ2v) is 7.15. The average molecular weight is 350 g/mol. The SMILES string of the molecule is CC1(C)CC(CNc2cccc(-c3cc(F)ncc3Cl)n2)CCO1. The number of nitrogens with zero attached hydrogens (tertiary/aromatic N) is 2. The molecular weight excluding hydrogens is 329 g/mol. The number of pyridine rings is 2. The molecule has 3 heterocycles. The van der Waals surface area contributed by atoms with Crippen LogP contribution in [0.5, 0.6) is 0 Å². The maximum absolute atomic E-state index is 13.4. The van der Waals surface area contributed by atoms with E-state index in [9.17, 15) is 4.39 Å². The second-order valence-electron chi connectivity index (χ2n) is 6.74. The predicted molar refractivity (Wildman–Crippen MR) is 93.7 cm³/mol. The molecular formula is C18H21ClFN3O. The Balaban J connectivity index is 1.71.